The van der Waals surface area contributed by atoms with Gasteiger partial charge in [-0.15, -0.1) is 0 Å². The highest BCUT2D eigenvalue weighted by Gasteiger charge is 2.21. The summed E-state index contributed by atoms with van der Waals surface area (Å²) in [5, 5.41) is 5.44. The number of hydrogen-bond donors (Lipinski definition) is 4. The maximum Gasteiger partial charge on any atom is 0.229 e. The molecule has 0 aliphatic heterocycles. The number of nitrogens with two attached hydrogens (primary N) is 1. The summed E-state index contributed by atoms with van der Waals surface area (Å²) in [5.41, 5.74) is 8.10. The molecule has 0 aliphatic carbocycles. The van der Waals surface area contributed by atoms with E-state index in [-0.39, 0.29) is 5.91 Å². The molecule has 0 heterocycles. The van der Waals surface area contributed by atoms with Crippen molar-refractivity contribution < 1.29 is 9.59 Å². The van der Waals surface area contributed by atoms with E-state index in [4.69, 9.17) is 5.73 Å². The average Bonchev–Trinajstić information content (AvgIpc) is 2.64. The Hall–Kier alpha value is -2.67. The minimum Gasteiger partial charge on any atom is -0.397 e. The second kappa shape index (κ2) is 10.5. The van der Waals surface area contributed by atoms with Crippen LogP contribution in [-0.2, 0) is 9.59 Å². The molecular formula is C20H28N4O2S. The van der Waals surface area contributed by atoms with Crippen LogP contribution in [0.3, 0.4) is 0 Å². The molecule has 0 radical (unpaired) electrons. The van der Waals surface area contributed by atoms with Gasteiger partial charge in [0.2, 0.25) is 12.3 Å². The molecule has 27 heavy (non-hydrogen) atoms. The van der Waals surface area contributed by atoms with E-state index in [0.29, 0.717) is 17.8 Å². The minimum atomic E-state index is -0.498. The monoisotopic (exact) mass is 388 g/mol. The van der Waals surface area contributed by atoms with Gasteiger partial charge >= 0.3 is 0 Å². The Labute approximate surface area is 165 Å². The molecule has 2 amide bonds. The van der Waals surface area contributed by atoms with E-state index in [2.05, 4.69) is 15.4 Å². The van der Waals surface area contributed by atoms with Crippen molar-refractivity contribution >= 4 is 47.0 Å². The van der Waals surface area contributed by atoms with Gasteiger partial charge in [0.25, 0.3) is 0 Å². The zero-order chi connectivity index (χ0) is 20.4. The van der Waals surface area contributed by atoms with Crippen molar-refractivity contribution in [3.8, 4) is 0 Å². The molecule has 0 saturated heterocycles. The third-order valence-corrected chi connectivity index (χ3v) is 4.19. The van der Waals surface area contributed by atoms with Crippen LogP contribution < -0.4 is 21.1 Å². The Kier molecular flexibility index (Phi) is 8.68. The highest BCUT2D eigenvalue weighted by Crippen LogP contribution is 2.29. The van der Waals surface area contributed by atoms with Gasteiger partial charge in [0.05, 0.1) is 11.4 Å². The Balaban J connectivity index is 0.00000176. The number of hydrogen-bond acceptors (Lipinski definition) is 5. The molecule has 5 N–H and O–H groups in total. The molecule has 2 rings (SSSR count). The zero-order valence-corrected chi connectivity index (χ0v) is 17.2. The van der Waals surface area contributed by atoms with Crippen molar-refractivity contribution in [2.45, 2.75) is 39.5 Å². The SMILES string of the molecule is CC.CC(C)(C)C(=O)Nc1cc(NSc2ccc(NC=O)cc2)ccc1N. The summed E-state index contributed by atoms with van der Waals surface area (Å²) in [5.74, 6) is -0.0951. The smallest absolute Gasteiger partial charge is 0.229 e. The maximum absolute atomic E-state index is 12.1. The van der Waals surface area contributed by atoms with Crippen molar-refractivity contribution in [1.82, 2.24) is 0 Å². The summed E-state index contributed by atoms with van der Waals surface area (Å²) in [4.78, 5) is 23.5. The standard InChI is InChI=1S/C18H22N4O2S.C2H6/c1-18(2,3)17(24)21-16-10-13(6-9-15(16)19)22-25-14-7-4-12(5-8-14)20-11-23;1-2/h4-11,22H,19H2,1-3H3,(H,20,23)(H,21,24);1-2H3. The Bertz CT molecular complexity index is 756. The van der Waals surface area contributed by atoms with E-state index in [1.54, 1.807) is 12.1 Å². The summed E-state index contributed by atoms with van der Waals surface area (Å²) in [6.07, 6.45) is 0.641. The maximum atomic E-state index is 12.1. The number of anilines is 4. The molecule has 0 aliphatic rings. The largest absolute Gasteiger partial charge is 0.397 e. The number of carbonyl (C=O) groups is 2. The molecule has 0 bridgehead atoms. The second-order valence-corrected chi connectivity index (χ2v) is 7.38. The molecule has 6 nitrogen and oxygen atoms in total. The highest BCUT2D eigenvalue weighted by molar-refractivity contribution is 8.00. The number of nitrogen functional groups attached to an aromatic ring is 1. The number of carbonyl (C=O) groups excluding carboxylic acids is 2. The topological polar surface area (TPSA) is 96.2 Å². The van der Waals surface area contributed by atoms with Gasteiger partial charge in [0, 0.05) is 21.7 Å². The van der Waals surface area contributed by atoms with Gasteiger partial charge in [-0.2, -0.15) is 0 Å². The normalized spacial score (nSPS) is 10.3. The Morgan fingerprint density at radius 1 is 1.04 bits per heavy atom. The van der Waals surface area contributed by atoms with Gasteiger partial charge < -0.3 is 21.1 Å². The van der Waals surface area contributed by atoms with Crippen LogP contribution in [0, 0.1) is 5.41 Å². The van der Waals surface area contributed by atoms with Crippen LogP contribution in [0.25, 0.3) is 0 Å². The summed E-state index contributed by atoms with van der Waals surface area (Å²) in [7, 11) is 0. The van der Waals surface area contributed by atoms with Gasteiger partial charge in [-0.3, -0.25) is 9.59 Å². The van der Waals surface area contributed by atoms with Gasteiger partial charge in [0.15, 0.2) is 0 Å². The van der Waals surface area contributed by atoms with Crippen LogP contribution in [0.15, 0.2) is 47.4 Å². The highest BCUT2D eigenvalue weighted by atomic mass is 32.2. The van der Waals surface area contributed by atoms with Crippen LogP contribution in [0.4, 0.5) is 22.7 Å². The molecular weight excluding hydrogens is 360 g/mol. The van der Waals surface area contributed by atoms with E-state index < -0.39 is 5.41 Å². The van der Waals surface area contributed by atoms with Crippen LogP contribution in [0.1, 0.15) is 34.6 Å². The van der Waals surface area contributed by atoms with Crippen molar-refractivity contribution in [2.24, 2.45) is 5.41 Å². The molecule has 146 valence electrons. The molecule has 0 atom stereocenters. The molecule has 0 spiro atoms. The van der Waals surface area contributed by atoms with E-state index in [1.165, 1.54) is 11.9 Å². The number of benzene rings is 2. The van der Waals surface area contributed by atoms with E-state index >= 15 is 0 Å². The first-order valence-electron chi connectivity index (χ1n) is 8.73. The lowest BCUT2D eigenvalue weighted by Crippen LogP contribution is -2.28. The van der Waals surface area contributed by atoms with Gasteiger partial charge in [-0.1, -0.05) is 34.6 Å². The predicted octanol–water partition coefficient (Wildman–Crippen LogP) is 4.97. The summed E-state index contributed by atoms with van der Waals surface area (Å²) in [6, 6.07) is 12.8. The predicted molar refractivity (Wildman–Crippen MR) is 116 cm³/mol. The number of nitrogens with one attached hydrogen (secondary N) is 3. The lowest BCUT2D eigenvalue weighted by molar-refractivity contribution is -0.123. The molecule has 2 aromatic carbocycles. The van der Waals surface area contributed by atoms with Gasteiger partial charge in [-0.25, -0.2) is 0 Å². The number of amides is 2. The van der Waals surface area contributed by atoms with Crippen LogP contribution in [-0.4, -0.2) is 12.3 Å². The fraction of sp³-hybridized carbons (Fsp3) is 0.300. The molecule has 0 saturated carbocycles. The van der Waals surface area contributed by atoms with Gasteiger partial charge in [-0.05, 0) is 54.4 Å². The minimum absolute atomic E-state index is 0.0951. The van der Waals surface area contributed by atoms with Crippen molar-refractivity contribution in [1.29, 1.82) is 0 Å². The average molecular weight is 389 g/mol. The molecule has 0 fully saturated rings. The number of rotatable bonds is 6. The van der Waals surface area contributed by atoms with E-state index in [0.717, 1.165) is 16.3 Å². The van der Waals surface area contributed by atoms with Crippen LogP contribution in [0.2, 0.25) is 0 Å². The third kappa shape index (κ3) is 7.22. The first-order valence-corrected chi connectivity index (χ1v) is 9.55. The lowest BCUT2D eigenvalue weighted by Gasteiger charge is -2.19. The molecule has 7 heteroatoms. The summed E-state index contributed by atoms with van der Waals surface area (Å²) < 4.78 is 3.21. The van der Waals surface area contributed by atoms with Crippen molar-refractivity contribution in [3.63, 3.8) is 0 Å². The van der Waals surface area contributed by atoms with E-state index in [9.17, 15) is 9.59 Å². The molecule has 0 unspecified atom stereocenters. The third-order valence-electron chi connectivity index (χ3n) is 3.35. The lowest BCUT2D eigenvalue weighted by atomic mass is 9.95. The van der Waals surface area contributed by atoms with Crippen LogP contribution in [0.5, 0.6) is 0 Å². The first kappa shape index (κ1) is 22.4. The van der Waals surface area contributed by atoms with Crippen molar-refractivity contribution in [2.75, 3.05) is 21.1 Å². The molecule has 2 aromatic rings. The fourth-order valence-electron chi connectivity index (χ4n) is 1.84. The quantitative estimate of drug-likeness (QED) is 0.318. The Morgan fingerprint density at radius 2 is 1.63 bits per heavy atom. The van der Waals surface area contributed by atoms with Gasteiger partial charge in [0.1, 0.15) is 0 Å². The fourth-order valence-corrected chi connectivity index (χ4v) is 2.48. The first-order chi connectivity index (χ1) is 12.8. The summed E-state index contributed by atoms with van der Waals surface area (Å²) >= 11 is 1.42. The van der Waals surface area contributed by atoms with Crippen LogP contribution >= 0.6 is 11.9 Å². The van der Waals surface area contributed by atoms with Crippen molar-refractivity contribution in [3.05, 3.63) is 42.5 Å². The van der Waals surface area contributed by atoms with E-state index in [1.807, 2.05) is 65.0 Å². The Morgan fingerprint density at radius 3 is 2.19 bits per heavy atom. The molecule has 0 aromatic heterocycles. The zero-order valence-electron chi connectivity index (χ0n) is 16.4. The second-order valence-electron chi connectivity index (χ2n) is 6.50. The summed E-state index contributed by atoms with van der Waals surface area (Å²) in [6.45, 7) is 9.54.